The van der Waals surface area contributed by atoms with Crippen molar-refractivity contribution < 1.29 is 24.2 Å². The Morgan fingerprint density at radius 2 is 1.69 bits per heavy atom. The fourth-order valence-corrected chi connectivity index (χ4v) is 5.53. The third-order valence-electron chi connectivity index (χ3n) is 7.10. The number of benzene rings is 2. The molecule has 0 heterocycles. The zero-order valence-corrected chi connectivity index (χ0v) is 20.2. The van der Waals surface area contributed by atoms with Crippen molar-refractivity contribution in [1.82, 2.24) is 10.6 Å². The third-order valence-corrected chi connectivity index (χ3v) is 7.10. The predicted octanol–water partition coefficient (Wildman–Crippen LogP) is 4.84. The maximum atomic E-state index is 12.7. The monoisotopic (exact) mass is 478 g/mol. The quantitative estimate of drug-likeness (QED) is 0.453. The number of carboxylic acids is 1. The number of hydrogen-bond donors (Lipinski definition) is 3. The minimum absolute atomic E-state index is 0.00332. The van der Waals surface area contributed by atoms with E-state index in [-0.39, 0.29) is 49.3 Å². The Balaban J connectivity index is 1.28. The lowest BCUT2D eigenvalue weighted by Crippen LogP contribution is -2.41. The Kier molecular flexibility index (Phi) is 8.06. The predicted molar refractivity (Wildman–Crippen MR) is 133 cm³/mol. The minimum Gasteiger partial charge on any atom is -0.481 e. The van der Waals surface area contributed by atoms with Gasteiger partial charge in [0, 0.05) is 30.8 Å². The number of nitrogens with one attached hydrogen (secondary N) is 2. The molecule has 0 aromatic heterocycles. The van der Waals surface area contributed by atoms with Crippen LogP contribution in [0, 0.1) is 5.92 Å². The molecule has 7 heteroatoms. The summed E-state index contributed by atoms with van der Waals surface area (Å²) < 4.78 is 5.65. The summed E-state index contributed by atoms with van der Waals surface area (Å²) in [6.45, 7) is 2.25. The van der Waals surface area contributed by atoms with E-state index in [2.05, 4.69) is 34.9 Å². The maximum Gasteiger partial charge on any atom is 0.407 e. The first-order chi connectivity index (χ1) is 16.9. The van der Waals surface area contributed by atoms with Crippen molar-refractivity contribution in [3.63, 3.8) is 0 Å². The lowest BCUT2D eigenvalue weighted by molar-refractivity contribution is -0.138. The van der Waals surface area contributed by atoms with Crippen molar-refractivity contribution >= 4 is 18.0 Å². The van der Waals surface area contributed by atoms with Crippen LogP contribution in [0.3, 0.4) is 0 Å². The van der Waals surface area contributed by atoms with Crippen molar-refractivity contribution in [1.29, 1.82) is 0 Å². The maximum absolute atomic E-state index is 12.7. The van der Waals surface area contributed by atoms with E-state index in [1.165, 1.54) is 11.1 Å². The molecule has 3 N–H and O–H groups in total. The summed E-state index contributed by atoms with van der Waals surface area (Å²) in [6.07, 6.45) is 3.61. The number of aliphatic carboxylic acids is 1. The largest absolute Gasteiger partial charge is 0.481 e. The number of hydrogen-bond acceptors (Lipinski definition) is 4. The van der Waals surface area contributed by atoms with Gasteiger partial charge in [0.1, 0.15) is 6.61 Å². The summed E-state index contributed by atoms with van der Waals surface area (Å²) in [5.74, 6) is -0.814. The molecule has 186 valence electrons. The molecule has 0 radical (unpaired) electrons. The summed E-state index contributed by atoms with van der Waals surface area (Å²) in [5, 5.41) is 14.9. The van der Waals surface area contributed by atoms with Crippen LogP contribution < -0.4 is 10.6 Å². The molecular formula is C28H34N2O5. The fraction of sp³-hybridized carbons (Fsp3) is 0.464. The molecule has 3 unspecified atom stereocenters. The van der Waals surface area contributed by atoms with Gasteiger partial charge in [0.15, 0.2) is 0 Å². The molecule has 1 saturated carbocycles. The van der Waals surface area contributed by atoms with Gasteiger partial charge in [-0.15, -0.1) is 0 Å². The Morgan fingerprint density at radius 3 is 2.31 bits per heavy atom. The van der Waals surface area contributed by atoms with Gasteiger partial charge in [-0.25, -0.2) is 4.79 Å². The summed E-state index contributed by atoms with van der Waals surface area (Å²) in [6, 6.07) is 16.1. The third kappa shape index (κ3) is 6.21. The van der Waals surface area contributed by atoms with Crippen LogP contribution >= 0.6 is 0 Å². The van der Waals surface area contributed by atoms with Gasteiger partial charge >= 0.3 is 12.1 Å². The number of fused-ring (bicyclic) bond motifs is 3. The van der Waals surface area contributed by atoms with Crippen LogP contribution in [0.1, 0.15) is 68.9 Å². The number of rotatable bonds is 10. The average molecular weight is 479 g/mol. The Morgan fingerprint density at radius 1 is 1.03 bits per heavy atom. The highest BCUT2D eigenvalue weighted by atomic mass is 16.5. The van der Waals surface area contributed by atoms with E-state index in [0.29, 0.717) is 12.8 Å². The second-order valence-electron chi connectivity index (χ2n) is 9.70. The van der Waals surface area contributed by atoms with E-state index in [9.17, 15) is 14.4 Å². The average Bonchev–Trinajstić information content (AvgIpc) is 3.39. The number of ether oxygens (including phenoxy) is 1. The molecule has 2 aliphatic carbocycles. The van der Waals surface area contributed by atoms with E-state index >= 15 is 0 Å². The SMILES string of the molecule is CCCC(CC(=O)NC1CCC(CC(=O)O)C1)NC(=O)OCC1c2ccccc2-c2ccccc21. The minimum atomic E-state index is -0.794. The van der Waals surface area contributed by atoms with Crippen molar-refractivity contribution in [2.45, 2.75) is 69.9 Å². The molecule has 35 heavy (non-hydrogen) atoms. The van der Waals surface area contributed by atoms with Gasteiger partial charge < -0.3 is 20.5 Å². The van der Waals surface area contributed by atoms with Crippen molar-refractivity contribution in [3.05, 3.63) is 59.7 Å². The van der Waals surface area contributed by atoms with Crippen molar-refractivity contribution in [2.24, 2.45) is 5.92 Å². The van der Waals surface area contributed by atoms with Crippen LogP contribution in [0.4, 0.5) is 4.79 Å². The topological polar surface area (TPSA) is 105 Å². The smallest absolute Gasteiger partial charge is 0.407 e. The number of alkyl carbamates (subject to hydrolysis) is 1. The lowest BCUT2D eigenvalue weighted by atomic mass is 9.98. The second-order valence-corrected chi connectivity index (χ2v) is 9.70. The van der Waals surface area contributed by atoms with Gasteiger partial charge in [-0.2, -0.15) is 0 Å². The van der Waals surface area contributed by atoms with Gasteiger partial charge in [-0.1, -0.05) is 61.9 Å². The van der Waals surface area contributed by atoms with Crippen LogP contribution in [0.25, 0.3) is 11.1 Å². The highest BCUT2D eigenvalue weighted by Gasteiger charge is 2.30. The van der Waals surface area contributed by atoms with Crippen LogP contribution in [-0.2, 0) is 14.3 Å². The molecule has 2 aromatic rings. The van der Waals surface area contributed by atoms with Crippen LogP contribution in [0.5, 0.6) is 0 Å². The van der Waals surface area contributed by atoms with Crippen molar-refractivity contribution in [2.75, 3.05) is 6.61 Å². The first-order valence-corrected chi connectivity index (χ1v) is 12.6. The molecular weight excluding hydrogens is 444 g/mol. The molecule has 0 spiro atoms. The number of carboxylic acid groups (broad SMARTS) is 1. The Bertz CT molecular complexity index is 1020. The molecule has 2 aromatic carbocycles. The summed E-state index contributed by atoms with van der Waals surface area (Å²) in [7, 11) is 0. The molecule has 0 aliphatic heterocycles. The van der Waals surface area contributed by atoms with E-state index in [1.807, 2.05) is 31.2 Å². The van der Waals surface area contributed by atoms with Crippen LogP contribution in [-0.4, -0.2) is 41.8 Å². The van der Waals surface area contributed by atoms with Gasteiger partial charge in [-0.05, 0) is 53.9 Å². The zero-order valence-electron chi connectivity index (χ0n) is 20.2. The molecule has 4 rings (SSSR count). The molecule has 7 nitrogen and oxygen atoms in total. The molecule has 0 saturated heterocycles. The van der Waals surface area contributed by atoms with Gasteiger partial charge in [0.05, 0.1) is 0 Å². The Hall–Kier alpha value is -3.35. The van der Waals surface area contributed by atoms with Gasteiger partial charge in [0.25, 0.3) is 0 Å². The Labute approximate surface area is 206 Å². The normalized spacial score (nSPS) is 19.5. The highest BCUT2D eigenvalue weighted by Crippen LogP contribution is 2.44. The number of carbonyl (C=O) groups excluding carboxylic acids is 2. The molecule has 2 aliphatic rings. The van der Waals surface area contributed by atoms with E-state index < -0.39 is 12.1 Å². The fourth-order valence-electron chi connectivity index (χ4n) is 5.53. The van der Waals surface area contributed by atoms with Crippen molar-refractivity contribution in [3.8, 4) is 11.1 Å². The summed E-state index contributed by atoms with van der Waals surface area (Å²) >= 11 is 0. The van der Waals surface area contributed by atoms with Crippen LogP contribution in [0.2, 0.25) is 0 Å². The van der Waals surface area contributed by atoms with Crippen LogP contribution in [0.15, 0.2) is 48.5 Å². The zero-order chi connectivity index (χ0) is 24.8. The van der Waals surface area contributed by atoms with E-state index in [1.54, 1.807) is 0 Å². The van der Waals surface area contributed by atoms with Gasteiger partial charge in [-0.3, -0.25) is 9.59 Å². The molecule has 0 bridgehead atoms. The second kappa shape index (κ2) is 11.4. The lowest BCUT2D eigenvalue weighted by Gasteiger charge is -2.20. The van der Waals surface area contributed by atoms with E-state index in [4.69, 9.17) is 9.84 Å². The first-order valence-electron chi connectivity index (χ1n) is 12.6. The van der Waals surface area contributed by atoms with E-state index in [0.717, 1.165) is 30.4 Å². The molecule has 3 atom stereocenters. The highest BCUT2D eigenvalue weighted by molar-refractivity contribution is 5.79. The summed E-state index contributed by atoms with van der Waals surface area (Å²) in [5.41, 5.74) is 4.66. The standard InChI is InChI=1S/C28H34N2O5/c1-2-7-19(16-26(31)29-20-13-12-18(14-20)15-27(32)33)30-28(34)35-17-25-23-10-5-3-8-21(23)22-9-4-6-11-24(22)25/h3-6,8-11,18-20,25H,2,7,12-17H2,1H3,(H,29,31)(H,30,34)(H,32,33). The summed E-state index contributed by atoms with van der Waals surface area (Å²) in [4.78, 5) is 36.2. The number of carbonyl (C=O) groups is 3. The number of amides is 2. The first kappa shape index (κ1) is 24.8. The molecule has 1 fully saturated rings. The molecule has 2 amide bonds. The van der Waals surface area contributed by atoms with Gasteiger partial charge in [0.2, 0.25) is 5.91 Å².